The van der Waals surface area contributed by atoms with Crippen molar-refractivity contribution in [3.63, 3.8) is 0 Å². The van der Waals surface area contributed by atoms with E-state index < -0.39 is 0 Å². The zero-order valence-corrected chi connectivity index (χ0v) is 10.5. The first kappa shape index (κ1) is 11.1. The molecule has 1 aromatic rings. The van der Waals surface area contributed by atoms with E-state index in [1.807, 2.05) is 0 Å². The third kappa shape index (κ3) is 2.25. The van der Waals surface area contributed by atoms with Gasteiger partial charge >= 0.3 is 0 Å². The molecule has 3 heteroatoms. The molecule has 2 rings (SSSR count). The van der Waals surface area contributed by atoms with Gasteiger partial charge in [0.2, 0.25) is 0 Å². The van der Waals surface area contributed by atoms with Crippen LogP contribution in [0.25, 0.3) is 0 Å². The first-order valence-corrected chi connectivity index (χ1v) is 6.06. The Morgan fingerprint density at radius 2 is 2.40 bits per heavy atom. The van der Waals surface area contributed by atoms with Crippen molar-refractivity contribution in [2.45, 2.75) is 18.4 Å². The number of hydrogen-bond acceptors (Lipinski definition) is 2. The first-order valence-electron chi connectivity index (χ1n) is 5.27. The topological polar surface area (TPSA) is 21.3 Å². The van der Waals surface area contributed by atoms with Crippen LogP contribution in [-0.2, 0) is 10.3 Å². The second kappa shape index (κ2) is 4.64. The largest absolute Gasteiger partial charge is 0.382 e. The van der Waals surface area contributed by atoms with E-state index in [0.29, 0.717) is 0 Å². The van der Waals surface area contributed by atoms with Crippen molar-refractivity contribution in [2.24, 2.45) is 0 Å². The quantitative estimate of drug-likeness (QED) is 0.911. The molecule has 0 bridgehead atoms. The molecule has 82 valence electrons. The van der Waals surface area contributed by atoms with Crippen molar-refractivity contribution < 1.29 is 4.74 Å². The Hall–Kier alpha value is -0.380. The molecule has 1 atom stereocenters. The summed E-state index contributed by atoms with van der Waals surface area (Å²) in [5.74, 6) is 0. The molecule has 0 aliphatic carbocycles. The minimum absolute atomic E-state index is 0.0263. The molecule has 1 aromatic carbocycles. The van der Waals surface area contributed by atoms with E-state index >= 15 is 0 Å². The Kier molecular flexibility index (Phi) is 3.44. The lowest BCUT2D eigenvalue weighted by Gasteiger charge is -2.29. The Morgan fingerprint density at radius 1 is 1.53 bits per heavy atom. The smallest absolute Gasteiger partial charge is 0.0686 e. The van der Waals surface area contributed by atoms with Crippen LogP contribution in [0.5, 0.6) is 0 Å². The molecule has 1 unspecified atom stereocenters. The zero-order chi connectivity index (χ0) is 10.7. The molecule has 1 N–H and O–H groups in total. The fourth-order valence-corrected chi connectivity index (χ4v) is 2.69. The van der Waals surface area contributed by atoms with Crippen LogP contribution in [0.3, 0.4) is 0 Å². The Bertz CT molecular complexity index is 334. The minimum atomic E-state index is 0.0263. The van der Waals surface area contributed by atoms with E-state index in [4.69, 9.17) is 4.74 Å². The average molecular weight is 270 g/mol. The van der Waals surface area contributed by atoms with Crippen molar-refractivity contribution in [3.8, 4) is 0 Å². The molecule has 0 spiro atoms. The number of rotatable bonds is 3. The summed E-state index contributed by atoms with van der Waals surface area (Å²) in [4.78, 5) is 0. The standard InChI is InChI=1S/C12H16BrNO/c1-15-9-12(6-3-7-14-12)10-4-2-5-11(13)8-10/h2,4-5,8,14H,3,6-7,9H2,1H3. The van der Waals surface area contributed by atoms with Crippen molar-refractivity contribution >= 4 is 15.9 Å². The van der Waals surface area contributed by atoms with Gasteiger partial charge in [-0.05, 0) is 37.1 Å². The van der Waals surface area contributed by atoms with Crippen molar-refractivity contribution in [3.05, 3.63) is 34.3 Å². The van der Waals surface area contributed by atoms with Gasteiger partial charge in [-0.1, -0.05) is 28.1 Å². The normalized spacial score (nSPS) is 25.7. The number of nitrogens with one attached hydrogen (secondary N) is 1. The molecule has 1 fully saturated rings. The molecule has 0 saturated carbocycles. The average Bonchev–Trinajstić information content (AvgIpc) is 2.68. The molecule has 0 amide bonds. The van der Waals surface area contributed by atoms with Gasteiger partial charge < -0.3 is 10.1 Å². The summed E-state index contributed by atoms with van der Waals surface area (Å²) in [5, 5.41) is 3.57. The Balaban J connectivity index is 2.31. The van der Waals surface area contributed by atoms with E-state index in [-0.39, 0.29) is 5.54 Å². The summed E-state index contributed by atoms with van der Waals surface area (Å²) in [7, 11) is 1.76. The second-order valence-corrected chi connectivity index (χ2v) is 4.97. The predicted molar refractivity (Wildman–Crippen MR) is 64.9 cm³/mol. The van der Waals surface area contributed by atoms with Crippen LogP contribution < -0.4 is 5.32 Å². The number of ether oxygens (including phenoxy) is 1. The van der Waals surface area contributed by atoms with Crippen LogP contribution in [0, 0.1) is 0 Å². The van der Waals surface area contributed by atoms with E-state index in [2.05, 4.69) is 45.5 Å². The molecular weight excluding hydrogens is 254 g/mol. The first-order chi connectivity index (χ1) is 7.27. The molecule has 1 saturated heterocycles. The fourth-order valence-electron chi connectivity index (χ4n) is 2.29. The fraction of sp³-hybridized carbons (Fsp3) is 0.500. The summed E-state index contributed by atoms with van der Waals surface area (Å²) in [6.07, 6.45) is 2.37. The van der Waals surface area contributed by atoms with Crippen LogP contribution in [0.1, 0.15) is 18.4 Å². The maximum absolute atomic E-state index is 5.35. The molecule has 2 nitrogen and oxygen atoms in total. The molecule has 0 radical (unpaired) electrons. The van der Waals surface area contributed by atoms with Crippen LogP contribution in [-0.4, -0.2) is 20.3 Å². The lowest BCUT2D eigenvalue weighted by molar-refractivity contribution is 0.120. The predicted octanol–water partition coefficient (Wildman–Crippen LogP) is 2.67. The summed E-state index contributed by atoms with van der Waals surface area (Å²) in [5.41, 5.74) is 1.34. The number of methoxy groups -OCH3 is 1. The van der Waals surface area contributed by atoms with Crippen LogP contribution in [0.2, 0.25) is 0 Å². The molecule has 1 heterocycles. The van der Waals surface area contributed by atoms with Gasteiger partial charge in [-0.15, -0.1) is 0 Å². The SMILES string of the molecule is COCC1(c2cccc(Br)c2)CCCN1. The Morgan fingerprint density at radius 3 is 3.00 bits per heavy atom. The number of hydrogen-bond donors (Lipinski definition) is 1. The maximum Gasteiger partial charge on any atom is 0.0686 e. The van der Waals surface area contributed by atoms with Gasteiger partial charge in [0.25, 0.3) is 0 Å². The van der Waals surface area contributed by atoms with Gasteiger partial charge in [0, 0.05) is 11.6 Å². The lowest BCUT2D eigenvalue weighted by atomic mass is 9.89. The molecule has 0 aromatic heterocycles. The zero-order valence-electron chi connectivity index (χ0n) is 8.92. The summed E-state index contributed by atoms with van der Waals surface area (Å²) >= 11 is 3.52. The molecule has 15 heavy (non-hydrogen) atoms. The Labute approximate surface area is 99.1 Å². The third-order valence-corrected chi connectivity index (χ3v) is 3.50. The highest BCUT2D eigenvalue weighted by atomic mass is 79.9. The summed E-state index contributed by atoms with van der Waals surface area (Å²) in [6.45, 7) is 1.82. The molecular formula is C12H16BrNO. The van der Waals surface area contributed by atoms with Gasteiger partial charge in [-0.3, -0.25) is 0 Å². The lowest BCUT2D eigenvalue weighted by Crippen LogP contribution is -2.41. The van der Waals surface area contributed by atoms with Crippen LogP contribution in [0.4, 0.5) is 0 Å². The highest BCUT2D eigenvalue weighted by Crippen LogP contribution is 2.32. The van der Waals surface area contributed by atoms with Gasteiger partial charge in [-0.2, -0.15) is 0 Å². The van der Waals surface area contributed by atoms with E-state index in [1.54, 1.807) is 7.11 Å². The maximum atomic E-state index is 5.35. The highest BCUT2D eigenvalue weighted by Gasteiger charge is 2.35. The minimum Gasteiger partial charge on any atom is -0.382 e. The number of halogens is 1. The third-order valence-electron chi connectivity index (χ3n) is 3.01. The van der Waals surface area contributed by atoms with Crippen molar-refractivity contribution in [1.82, 2.24) is 5.32 Å². The second-order valence-electron chi connectivity index (χ2n) is 4.06. The van der Waals surface area contributed by atoms with Crippen LogP contribution >= 0.6 is 15.9 Å². The number of benzene rings is 1. The van der Waals surface area contributed by atoms with Gasteiger partial charge in [0.05, 0.1) is 12.1 Å². The van der Waals surface area contributed by atoms with E-state index in [0.717, 1.165) is 24.0 Å². The summed E-state index contributed by atoms with van der Waals surface area (Å²) < 4.78 is 6.47. The highest BCUT2D eigenvalue weighted by molar-refractivity contribution is 9.10. The van der Waals surface area contributed by atoms with E-state index in [9.17, 15) is 0 Å². The monoisotopic (exact) mass is 269 g/mol. The van der Waals surface area contributed by atoms with Gasteiger partial charge in [0.1, 0.15) is 0 Å². The van der Waals surface area contributed by atoms with Crippen molar-refractivity contribution in [1.29, 1.82) is 0 Å². The van der Waals surface area contributed by atoms with E-state index in [1.165, 1.54) is 12.0 Å². The van der Waals surface area contributed by atoms with Crippen molar-refractivity contribution in [2.75, 3.05) is 20.3 Å². The van der Waals surface area contributed by atoms with Gasteiger partial charge in [0.15, 0.2) is 0 Å². The summed E-state index contributed by atoms with van der Waals surface area (Å²) in [6, 6.07) is 8.48. The molecule has 1 aliphatic rings. The molecule has 1 aliphatic heterocycles. The van der Waals surface area contributed by atoms with Gasteiger partial charge in [-0.25, -0.2) is 0 Å². The van der Waals surface area contributed by atoms with Crippen LogP contribution in [0.15, 0.2) is 28.7 Å².